The molecule has 2 aliphatic heterocycles. The van der Waals surface area contributed by atoms with Gasteiger partial charge in [0.15, 0.2) is 11.5 Å². The van der Waals surface area contributed by atoms with Gasteiger partial charge in [0.25, 0.3) is 0 Å². The molecule has 1 aromatic carbocycles. The van der Waals surface area contributed by atoms with Gasteiger partial charge in [-0.15, -0.1) is 0 Å². The van der Waals surface area contributed by atoms with Gasteiger partial charge in [0.05, 0.1) is 7.11 Å². The largest absolute Gasteiger partial charge is 0.493 e. The Morgan fingerprint density at radius 1 is 0.949 bits per heavy atom. The molecule has 0 spiro atoms. The van der Waals surface area contributed by atoms with E-state index in [0.29, 0.717) is 5.92 Å². The van der Waals surface area contributed by atoms with Crippen LogP contribution in [0.4, 0.5) is 0 Å². The van der Waals surface area contributed by atoms with Crippen LogP contribution in [0.15, 0.2) is 40.8 Å². The zero-order chi connectivity index (χ0) is 27.4. The zero-order valence-corrected chi connectivity index (χ0v) is 24.8. The number of methoxy groups -OCH3 is 1. The zero-order valence-electron chi connectivity index (χ0n) is 24.8. The fraction of sp³-hybridized carbons (Fsp3) is 0.588. The Kier molecular flexibility index (Phi) is 9.19. The summed E-state index contributed by atoms with van der Waals surface area (Å²) in [5.41, 5.74) is 5.26. The van der Waals surface area contributed by atoms with Crippen LogP contribution in [0.1, 0.15) is 86.9 Å². The van der Waals surface area contributed by atoms with Gasteiger partial charge in [-0.25, -0.2) is 0 Å². The highest BCUT2D eigenvalue weighted by Gasteiger charge is 2.25. The van der Waals surface area contributed by atoms with Gasteiger partial charge in [-0.05, 0) is 138 Å². The van der Waals surface area contributed by atoms with Crippen LogP contribution in [-0.4, -0.2) is 63.3 Å². The maximum atomic E-state index is 6.60. The summed E-state index contributed by atoms with van der Waals surface area (Å²) in [6, 6.07) is 8.72. The van der Waals surface area contributed by atoms with E-state index < -0.39 is 0 Å². The number of furan rings is 1. The predicted octanol–water partition coefficient (Wildman–Crippen LogP) is 7.56. The number of hydrogen-bond acceptors (Lipinski definition) is 5. The summed E-state index contributed by atoms with van der Waals surface area (Å²) < 4.78 is 18.6. The molecule has 0 bridgehead atoms. The average Bonchev–Trinajstić information content (AvgIpc) is 3.37. The molecule has 5 heteroatoms. The first-order chi connectivity index (χ1) is 18.9. The minimum absolute atomic E-state index is 0.246. The number of aryl methyl sites for hydroxylation is 1. The summed E-state index contributed by atoms with van der Waals surface area (Å²) in [6.45, 7) is 8.99. The summed E-state index contributed by atoms with van der Waals surface area (Å²) in [6.07, 6.45) is 14.3. The molecular formula is C34H48N2O3. The van der Waals surface area contributed by atoms with Crippen LogP contribution < -0.4 is 9.47 Å². The van der Waals surface area contributed by atoms with E-state index in [2.05, 4.69) is 67.2 Å². The third-order valence-electron chi connectivity index (χ3n) is 9.11. The summed E-state index contributed by atoms with van der Waals surface area (Å²) in [5, 5.41) is 0. The second-order valence-electron chi connectivity index (χ2n) is 12.2. The number of hydrogen-bond donors (Lipinski definition) is 0. The van der Waals surface area contributed by atoms with Gasteiger partial charge in [-0.2, -0.15) is 0 Å². The maximum absolute atomic E-state index is 6.60. The molecule has 39 heavy (non-hydrogen) atoms. The Morgan fingerprint density at radius 2 is 1.67 bits per heavy atom. The van der Waals surface area contributed by atoms with Crippen molar-refractivity contribution in [1.82, 2.24) is 9.80 Å². The van der Waals surface area contributed by atoms with Gasteiger partial charge in [-0.3, -0.25) is 0 Å². The van der Waals surface area contributed by atoms with Crippen LogP contribution in [0.3, 0.4) is 0 Å². The highest BCUT2D eigenvalue weighted by atomic mass is 16.5. The highest BCUT2D eigenvalue weighted by Crippen LogP contribution is 2.43. The number of nitrogens with zero attached hydrogens (tertiary/aromatic N) is 2. The average molecular weight is 533 g/mol. The number of fused-ring (bicyclic) bond motifs is 1. The molecule has 1 aliphatic carbocycles. The maximum Gasteiger partial charge on any atom is 0.161 e. The summed E-state index contributed by atoms with van der Waals surface area (Å²) in [4.78, 5) is 4.85. The number of likely N-dealkylation sites (tertiary alicyclic amines) is 2. The summed E-state index contributed by atoms with van der Waals surface area (Å²) >= 11 is 0. The van der Waals surface area contributed by atoms with Crippen LogP contribution >= 0.6 is 0 Å². The van der Waals surface area contributed by atoms with Crippen molar-refractivity contribution in [3.05, 3.63) is 59.1 Å². The first kappa shape index (κ1) is 28.0. The van der Waals surface area contributed by atoms with E-state index >= 15 is 0 Å². The van der Waals surface area contributed by atoms with E-state index in [1.807, 2.05) is 6.92 Å². The summed E-state index contributed by atoms with van der Waals surface area (Å²) in [5.74, 6) is 4.88. The third kappa shape index (κ3) is 6.99. The van der Waals surface area contributed by atoms with Gasteiger partial charge >= 0.3 is 0 Å². The lowest BCUT2D eigenvalue weighted by atomic mass is 9.83. The Labute approximate surface area is 235 Å². The van der Waals surface area contributed by atoms with E-state index in [4.69, 9.17) is 13.9 Å². The van der Waals surface area contributed by atoms with Crippen molar-refractivity contribution in [1.29, 1.82) is 0 Å². The molecule has 1 atom stereocenters. The van der Waals surface area contributed by atoms with Crippen molar-refractivity contribution in [2.24, 2.45) is 5.92 Å². The minimum Gasteiger partial charge on any atom is -0.493 e. The molecule has 1 aromatic heterocycles. The lowest BCUT2D eigenvalue weighted by Gasteiger charge is -2.31. The van der Waals surface area contributed by atoms with E-state index in [-0.39, 0.29) is 6.10 Å². The normalized spacial score (nSPS) is 24.7. The standard InChI is InChI=1S/C34H48N2O3/c1-24-9-11-28(32-12-10-25(2)38-32)21-27(8-6-7-26-13-17-35(3)18-14-26)31-23-33(37-5)34(22-30(24)31)39-29-15-19-36(4)20-16-29/h10-12,21-24,26,29H,6-9,13-20H2,1-5H3/b27-21-,28-11-. The Hall–Kier alpha value is -2.50. The number of piperidine rings is 2. The fourth-order valence-electron chi connectivity index (χ4n) is 6.45. The minimum atomic E-state index is 0.246. The lowest BCUT2D eigenvalue weighted by Crippen LogP contribution is -2.35. The number of rotatable bonds is 8. The van der Waals surface area contributed by atoms with Gasteiger partial charge in [0.2, 0.25) is 0 Å². The van der Waals surface area contributed by atoms with Crippen molar-refractivity contribution in [3.63, 3.8) is 0 Å². The molecule has 5 nitrogen and oxygen atoms in total. The molecule has 3 heterocycles. The van der Waals surface area contributed by atoms with E-state index in [1.165, 1.54) is 61.0 Å². The Morgan fingerprint density at radius 3 is 2.33 bits per heavy atom. The monoisotopic (exact) mass is 532 g/mol. The van der Waals surface area contributed by atoms with E-state index in [9.17, 15) is 0 Å². The predicted molar refractivity (Wildman–Crippen MR) is 161 cm³/mol. The SMILES string of the molecule is COc1cc2c(cc1OC1CCN(C)CC1)C(C)C/C=C(c1ccc(C)o1)/C=C\2CCCC1CCN(C)CC1. The molecule has 2 saturated heterocycles. The van der Waals surface area contributed by atoms with E-state index in [1.54, 1.807) is 7.11 Å². The van der Waals surface area contributed by atoms with Gasteiger partial charge in [-0.1, -0.05) is 19.4 Å². The molecule has 0 N–H and O–H groups in total. The molecule has 1 unspecified atom stereocenters. The number of allylic oxidation sites excluding steroid dienone is 4. The quantitative estimate of drug-likeness (QED) is 0.351. The van der Waals surface area contributed by atoms with Gasteiger partial charge in [0, 0.05) is 18.7 Å². The Balaban J connectivity index is 1.44. The molecule has 0 amide bonds. The molecule has 2 aromatic rings. The van der Waals surface area contributed by atoms with Crippen molar-refractivity contribution in [2.45, 2.75) is 77.2 Å². The van der Waals surface area contributed by atoms with Crippen LogP contribution in [0.2, 0.25) is 0 Å². The molecule has 0 radical (unpaired) electrons. The second-order valence-corrected chi connectivity index (χ2v) is 12.2. The molecular weight excluding hydrogens is 484 g/mol. The van der Waals surface area contributed by atoms with Crippen LogP contribution in [0.5, 0.6) is 11.5 Å². The first-order valence-corrected chi connectivity index (χ1v) is 15.1. The second kappa shape index (κ2) is 12.8. The topological polar surface area (TPSA) is 38.1 Å². The lowest BCUT2D eigenvalue weighted by molar-refractivity contribution is 0.111. The number of benzene rings is 1. The van der Waals surface area contributed by atoms with Crippen molar-refractivity contribution in [2.75, 3.05) is 47.4 Å². The molecule has 2 fully saturated rings. The molecule has 212 valence electrons. The van der Waals surface area contributed by atoms with Crippen molar-refractivity contribution < 1.29 is 13.9 Å². The molecule has 5 rings (SSSR count). The van der Waals surface area contributed by atoms with Crippen LogP contribution in [-0.2, 0) is 0 Å². The first-order valence-electron chi connectivity index (χ1n) is 15.1. The van der Waals surface area contributed by atoms with Crippen molar-refractivity contribution >= 4 is 11.1 Å². The van der Waals surface area contributed by atoms with Crippen LogP contribution in [0.25, 0.3) is 11.1 Å². The van der Waals surface area contributed by atoms with E-state index in [0.717, 1.165) is 67.7 Å². The van der Waals surface area contributed by atoms with Crippen LogP contribution in [0, 0.1) is 12.8 Å². The molecule has 3 aliphatic rings. The van der Waals surface area contributed by atoms with Gasteiger partial charge < -0.3 is 23.7 Å². The highest BCUT2D eigenvalue weighted by molar-refractivity contribution is 5.85. The third-order valence-corrected chi connectivity index (χ3v) is 9.11. The molecule has 0 saturated carbocycles. The smallest absolute Gasteiger partial charge is 0.161 e. The number of ether oxygens (including phenoxy) is 2. The van der Waals surface area contributed by atoms with Gasteiger partial charge in [0.1, 0.15) is 17.6 Å². The summed E-state index contributed by atoms with van der Waals surface area (Å²) in [7, 11) is 6.21. The van der Waals surface area contributed by atoms with Crippen molar-refractivity contribution in [3.8, 4) is 11.5 Å². The Bertz CT molecular complexity index is 1160. The fourth-order valence-corrected chi connectivity index (χ4v) is 6.45.